The van der Waals surface area contributed by atoms with E-state index in [0.717, 1.165) is 18.4 Å². The number of likely N-dealkylation sites (tertiary alicyclic amines) is 1. The molecule has 0 radical (unpaired) electrons. The number of carbonyl (C=O) groups excluding carboxylic acids is 1. The van der Waals surface area contributed by atoms with Crippen LogP contribution in [0.25, 0.3) is 0 Å². The predicted octanol–water partition coefficient (Wildman–Crippen LogP) is 2.08. The number of ether oxygens (including phenoxy) is 1. The van der Waals surface area contributed by atoms with Crippen LogP contribution >= 0.6 is 0 Å². The van der Waals surface area contributed by atoms with E-state index >= 15 is 0 Å². The Labute approximate surface area is 153 Å². The lowest BCUT2D eigenvalue weighted by molar-refractivity contribution is -0.174. The van der Waals surface area contributed by atoms with Gasteiger partial charge in [0, 0.05) is 37.7 Å². The summed E-state index contributed by atoms with van der Waals surface area (Å²) >= 11 is 0. The number of aliphatic hydroxyl groups excluding tert-OH is 1. The Morgan fingerprint density at radius 3 is 2.88 bits per heavy atom. The van der Waals surface area contributed by atoms with E-state index in [1.54, 1.807) is 6.20 Å². The summed E-state index contributed by atoms with van der Waals surface area (Å²) in [7, 11) is 0. The van der Waals surface area contributed by atoms with Crippen LogP contribution < -0.4 is 0 Å². The van der Waals surface area contributed by atoms with Crippen LogP contribution in [0.3, 0.4) is 0 Å². The van der Waals surface area contributed by atoms with Gasteiger partial charge in [0.25, 0.3) is 5.91 Å². The number of carbonyl (C=O) groups is 1. The van der Waals surface area contributed by atoms with Crippen molar-refractivity contribution >= 4 is 5.91 Å². The number of piperidine rings is 1. The maximum atomic E-state index is 12.9. The molecule has 4 rings (SSSR count). The second-order valence-corrected chi connectivity index (χ2v) is 7.27. The largest absolute Gasteiger partial charge is 0.390 e. The monoisotopic (exact) mass is 355 g/mol. The van der Waals surface area contributed by atoms with Gasteiger partial charge in [0.05, 0.1) is 18.2 Å². The first-order valence-corrected chi connectivity index (χ1v) is 9.34. The normalized spacial score (nSPS) is 22.5. The summed E-state index contributed by atoms with van der Waals surface area (Å²) in [5.74, 6) is 0.0486. The summed E-state index contributed by atoms with van der Waals surface area (Å²) in [6, 6.07) is 9.63. The summed E-state index contributed by atoms with van der Waals surface area (Å²) in [5.41, 5.74) is 1.31. The van der Waals surface area contributed by atoms with Crippen LogP contribution in [0.2, 0.25) is 0 Å². The van der Waals surface area contributed by atoms with Gasteiger partial charge in [-0.15, -0.1) is 0 Å². The van der Waals surface area contributed by atoms with Gasteiger partial charge >= 0.3 is 0 Å². The molecule has 2 aromatic rings. The van der Waals surface area contributed by atoms with Crippen molar-refractivity contribution in [3.8, 4) is 0 Å². The molecule has 1 atom stereocenters. The summed E-state index contributed by atoms with van der Waals surface area (Å²) in [5, 5.41) is 14.6. The standard InChI is InChI=1S/C20H25N3O3/c24-18-6-2-13-26-20(18)7-11-22(12-8-20)19(25)17-5-1-4-16(14-17)15-23-10-3-9-21-23/h1,3-5,9-10,14,18,24H,2,6-8,11-13,15H2/t18-/m0/s1. The third-order valence-corrected chi connectivity index (χ3v) is 5.59. The van der Waals surface area contributed by atoms with Crippen LogP contribution in [0, 0.1) is 0 Å². The van der Waals surface area contributed by atoms with Crippen molar-refractivity contribution in [3.05, 3.63) is 53.9 Å². The number of aliphatic hydroxyl groups is 1. The molecule has 1 aromatic carbocycles. The third-order valence-electron chi connectivity index (χ3n) is 5.59. The van der Waals surface area contributed by atoms with Gasteiger partial charge in [-0.25, -0.2) is 0 Å². The van der Waals surface area contributed by atoms with E-state index < -0.39 is 11.7 Å². The van der Waals surface area contributed by atoms with Gasteiger partial charge in [-0.1, -0.05) is 12.1 Å². The number of rotatable bonds is 3. The highest BCUT2D eigenvalue weighted by atomic mass is 16.5. The average molecular weight is 355 g/mol. The molecule has 1 spiro atoms. The van der Waals surface area contributed by atoms with Crippen molar-refractivity contribution in [1.29, 1.82) is 0 Å². The fourth-order valence-electron chi connectivity index (χ4n) is 4.04. The van der Waals surface area contributed by atoms with Crippen molar-refractivity contribution in [1.82, 2.24) is 14.7 Å². The van der Waals surface area contributed by atoms with Gasteiger partial charge in [-0.3, -0.25) is 9.48 Å². The van der Waals surface area contributed by atoms with E-state index in [9.17, 15) is 9.90 Å². The molecule has 6 nitrogen and oxygen atoms in total. The number of hydrogen-bond donors (Lipinski definition) is 1. The lowest BCUT2D eigenvalue weighted by Crippen LogP contribution is -2.56. The Kier molecular flexibility index (Phi) is 4.78. The lowest BCUT2D eigenvalue weighted by atomic mass is 9.82. The fraction of sp³-hybridized carbons (Fsp3) is 0.500. The minimum absolute atomic E-state index is 0.0486. The number of aromatic nitrogens is 2. The van der Waals surface area contributed by atoms with Crippen molar-refractivity contribution in [2.75, 3.05) is 19.7 Å². The first kappa shape index (κ1) is 17.2. The van der Waals surface area contributed by atoms with Crippen LogP contribution in [-0.4, -0.2) is 57.1 Å². The zero-order valence-electron chi connectivity index (χ0n) is 14.9. The minimum atomic E-state index is -0.447. The predicted molar refractivity (Wildman–Crippen MR) is 96.8 cm³/mol. The summed E-state index contributed by atoms with van der Waals surface area (Å²) < 4.78 is 7.78. The van der Waals surface area contributed by atoms with Crippen LogP contribution in [0.4, 0.5) is 0 Å². The molecule has 0 saturated carbocycles. The maximum absolute atomic E-state index is 12.9. The Morgan fingerprint density at radius 2 is 2.15 bits per heavy atom. The molecular weight excluding hydrogens is 330 g/mol. The molecule has 2 aliphatic heterocycles. The van der Waals surface area contributed by atoms with Crippen molar-refractivity contribution in [2.24, 2.45) is 0 Å². The second kappa shape index (κ2) is 7.21. The van der Waals surface area contributed by atoms with Crippen LogP contribution in [0.1, 0.15) is 41.6 Å². The van der Waals surface area contributed by atoms with E-state index in [2.05, 4.69) is 5.10 Å². The van der Waals surface area contributed by atoms with E-state index in [1.165, 1.54) is 0 Å². The number of nitrogens with zero attached hydrogens (tertiary/aromatic N) is 3. The van der Waals surface area contributed by atoms with E-state index in [1.807, 2.05) is 46.1 Å². The van der Waals surface area contributed by atoms with Crippen LogP contribution in [0.5, 0.6) is 0 Å². The fourth-order valence-corrected chi connectivity index (χ4v) is 4.04. The second-order valence-electron chi connectivity index (χ2n) is 7.27. The Hall–Kier alpha value is -2.18. The number of hydrogen-bond acceptors (Lipinski definition) is 4. The van der Waals surface area contributed by atoms with Gasteiger partial charge in [-0.05, 0) is 49.4 Å². The Balaban J connectivity index is 1.42. The molecule has 0 unspecified atom stereocenters. The van der Waals surface area contributed by atoms with Crippen molar-refractivity contribution in [2.45, 2.75) is 43.9 Å². The molecule has 1 aromatic heterocycles. The molecule has 2 fully saturated rings. The lowest BCUT2D eigenvalue weighted by Gasteiger charge is -2.46. The average Bonchev–Trinajstić information content (AvgIpc) is 3.18. The number of benzene rings is 1. The van der Waals surface area contributed by atoms with Crippen LogP contribution in [0.15, 0.2) is 42.7 Å². The highest BCUT2D eigenvalue weighted by Crippen LogP contribution is 2.35. The number of amides is 1. The molecular formula is C20H25N3O3. The van der Waals surface area contributed by atoms with Crippen LogP contribution in [-0.2, 0) is 11.3 Å². The zero-order valence-corrected chi connectivity index (χ0v) is 14.9. The summed E-state index contributed by atoms with van der Waals surface area (Å²) in [6.45, 7) is 2.61. The van der Waals surface area contributed by atoms with Gasteiger partial charge < -0.3 is 14.7 Å². The highest BCUT2D eigenvalue weighted by molar-refractivity contribution is 5.94. The SMILES string of the molecule is O=C(c1cccc(Cn2cccn2)c1)N1CCC2(CC1)OCCC[C@@H]2O. The van der Waals surface area contributed by atoms with Gasteiger partial charge in [0.1, 0.15) is 0 Å². The van der Waals surface area contributed by atoms with E-state index in [-0.39, 0.29) is 5.91 Å². The molecule has 6 heteroatoms. The molecule has 0 bridgehead atoms. The molecule has 138 valence electrons. The molecule has 2 aliphatic rings. The molecule has 26 heavy (non-hydrogen) atoms. The van der Waals surface area contributed by atoms with Crippen molar-refractivity contribution in [3.63, 3.8) is 0 Å². The summed E-state index contributed by atoms with van der Waals surface area (Å²) in [4.78, 5) is 14.8. The van der Waals surface area contributed by atoms with E-state index in [4.69, 9.17) is 4.74 Å². The molecule has 1 N–H and O–H groups in total. The van der Waals surface area contributed by atoms with Gasteiger partial charge in [0.15, 0.2) is 0 Å². The molecule has 1 amide bonds. The minimum Gasteiger partial charge on any atom is -0.390 e. The molecule has 3 heterocycles. The zero-order chi connectivity index (χ0) is 18.0. The Morgan fingerprint density at radius 1 is 1.31 bits per heavy atom. The first-order chi connectivity index (χ1) is 12.7. The van der Waals surface area contributed by atoms with Gasteiger partial charge in [-0.2, -0.15) is 5.10 Å². The maximum Gasteiger partial charge on any atom is 0.253 e. The highest BCUT2D eigenvalue weighted by Gasteiger charge is 2.44. The summed E-state index contributed by atoms with van der Waals surface area (Å²) in [6.07, 6.45) is 6.36. The van der Waals surface area contributed by atoms with Crippen molar-refractivity contribution < 1.29 is 14.6 Å². The van der Waals surface area contributed by atoms with Gasteiger partial charge in [0.2, 0.25) is 0 Å². The third kappa shape index (κ3) is 3.39. The molecule has 0 aliphatic carbocycles. The van der Waals surface area contributed by atoms with E-state index in [0.29, 0.717) is 44.6 Å². The quantitative estimate of drug-likeness (QED) is 0.915. The Bertz CT molecular complexity index is 751. The first-order valence-electron chi connectivity index (χ1n) is 9.34. The smallest absolute Gasteiger partial charge is 0.253 e. The topological polar surface area (TPSA) is 67.6 Å². The molecule has 2 saturated heterocycles.